The van der Waals surface area contributed by atoms with Crippen molar-refractivity contribution in [1.82, 2.24) is 20.8 Å². The SMILES string of the molecule is Cc1[nH]ncc1-c1ccc(CC(C#N)NC(=O)C2N[C@@H]3CCC2C3)c(F)c1. The summed E-state index contributed by atoms with van der Waals surface area (Å²) in [4.78, 5) is 12.5. The summed E-state index contributed by atoms with van der Waals surface area (Å²) in [7, 11) is 0. The van der Waals surface area contributed by atoms with Gasteiger partial charge in [0.25, 0.3) is 0 Å². The number of benzene rings is 1. The summed E-state index contributed by atoms with van der Waals surface area (Å²) in [5.41, 5.74) is 2.84. The van der Waals surface area contributed by atoms with Crippen LogP contribution in [0.15, 0.2) is 24.4 Å². The lowest BCUT2D eigenvalue weighted by molar-refractivity contribution is -0.124. The molecule has 2 bridgehead atoms. The van der Waals surface area contributed by atoms with Crippen LogP contribution in [-0.2, 0) is 11.2 Å². The van der Waals surface area contributed by atoms with Gasteiger partial charge >= 0.3 is 0 Å². The van der Waals surface area contributed by atoms with Gasteiger partial charge in [-0.25, -0.2) is 4.39 Å². The molecule has 6 nitrogen and oxygen atoms in total. The van der Waals surface area contributed by atoms with Crippen LogP contribution >= 0.6 is 0 Å². The van der Waals surface area contributed by atoms with Gasteiger partial charge in [0.2, 0.25) is 5.91 Å². The molecular weight excluding hydrogens is 345 g/mol. The number of halogens is 1. The van der Waals surface area contributed by atoms with Gasteiger partial charge in [-0.15, -0.1) is 0 Å². The van der Waals surface area contributed by atoms with E-state index in [1.807, 2.05) is 13.0 Å². The van der Waals surface area contributed by atoms with Gasteiger partial charge in [-0.05, 0) is 49.3 Å². The topological polar surface area (TPSA) is 93.6 Å². The number of hydrogen-bond acceptors (Lipinski definition) is 4. The standard InChI is InChI=1S/C20H22FN5O/c1-11-17(10-23-26-11)12-2-3-13(18(21)8-12)6-16(9-22)25-20(27)19-14-4-5-15(7-14)24-19/h2-3,8,10,14-16,19,24H,4-7H2,1H3,(H,23,26)(H,25,27)/t14?,15-,16?,19?/m1/s1. The number of rotatable bonds is 5. The summed E-state index contributed by atoms with van der Waals surface area (Å²) >= 11 is 0. The van der Waals surface area contributed by atoms with Crippen LogP contribution in [0.5, 0.6) is 0 Å². The predicted molar refractivity (Wildman–Crippen MR) is 98.0 cm³/mol. The maximum atomic E-state index is 14.6. The Morgan fingerprint density at radius 1 is 1.48 bits per heavy atom. The molecule has 0 radical (unpaired) electrons. The van der Waals surface area contributed by atoms with Crippen molar-refractivity contribution in [3.63, 3.8) is 0 Å². The number of nitrogens with one attached hydrogen (secondary N) is 3. The fourth-order valence-corrected chi connectivity index (χ4v) is 4.28. The molecule has 1 saturated carbocycles. The van der Waals surface area contributed by atoms with Crippen molar-refractivity contribution < 1.29 is 9.18 Å². The van der Waals surface area contributed by atoms with Gasteiger partial charge in [-0.2, -0.15) is 10.4 Å². The van der Waals surface area contributed by atoms with E-state index < -0.39 is 6.04 Å². The van der Waals surface area contributed by atoms with Crippen LogP contribution in [0.2, 0.25) is 0 Å². The van der Waals surface area contributed by atoms with Crippen LogP contribution in [0.3, 0.4) is 0 Å². The molecule has 4 atom stereocenters. The molecule has 1 aromatic heterocycles. The third-order valence-electron chi connectivity index (χ3n) is 5.73. The number of nitrogens with zero attached hydrogens (tertiary/aromatic N) is 2. The van der Waals surface area contributed by atoms with E-state index in [4.69, 9.17) is 0 Å². The van der Waals surface area contributed by atoms with E-state index in [9.17, 15) is 14.4 Å². The molecule has 2 fully saturated rings. The van der Waals surface area contributed by atoms with E-state index in [0.29, 0.717) is 17.5 Å². The molecule has 2 aromatic rings. The Morgan fingerprint density at radius 2 is 2.33 bits per heavy atom. The number of nitriles is 1. The first-order valence-corrected chi connectivity index (χ1v) is 9.30. The number of amides is 1. The van der Waals surface area contributed by atoms with Crippen molar-refractivity contribution >= 4 is 5.91 Å². The summed E-state index contributed by atoms with van der Waals surface area (Å²) in [5.74, 6) is -0.191. The number of carbonyl (C=O) groups excluding carboxylic acids is 1. The van der Waals surface area contributed by atoms with Crippen LogP contribution in [0.4, 0.5) is 4.39 Å². The van der Waals surface area contributed by atoms with Crippen molar-refractivity contribution in [1.29, 1.82) is 5.26 Å². The molecule has 1 saturated heterocycles. The molecule has 27 heavy (non-hydrogen) atoms. The first-order valence-electron chi connectivity index (χ1n) is 9.30. The molecule has 2 aliphatic rings. The number of aromatic amines is 1. The average Bonchev–Trinajstić information content (AvgIpc) is 3.39. The van der Waals surface area contributed by atoms with Crippen molar-refractivity contribution in [3.8, 4) is 17.2 Å². The highest BCUT2D eigenvalue weighted by molar-refractivity contribution is 5.83. The number of fused-ring (bicyclic) bond motifs is 2. The molecule has 3 N–H and O–H groups in total. The number of carbonyl (C=O) groups is 1. The molecule has 4 rings (SSSR count). The van der Waals surface area contributed by atoms with Gasteiger partial charge in [0, 0.05) is 23.7 Å². The molecule has 7 heteroatoms. The third kappa shape index (κ3) is 3.45. The molecule has 140 valence electrons. The van der Waals surface area contributed by atoms with E-state index in [1.54, 1.807) is 12.3 Å². The van der Waals surface area contributed by atoms with Gasteiger partial charge in [0.1, 0.15) is 11.9 Å². The van der Waals surface area contributed by atoms with E-state index in [-0.39, 0.29) is 24.2 Å². The smallest absolute Gasteiger partial charge is 0.238 e. The Bertz CT molecular complexity index is 902. The van der Waals surface area contributed by atoms with Crippen LogP contribution in [-0.4, -0.2) is 34.2 Å². The number of aryl methyl sites for hydroxylation is 1. The van der Waals surface area contributed by atoms with Crippen molar-refractivity contribution in [2.45, 2.75) is 50.7 Å². The maximum Gasteiger partial charge on any atom is 0.238 e. The van der Waals surface area contributed by atoms with Gasteiger partial charge < -0.3 is 10.6 Å². The van der Waals surface area contributed by atoms with Crippen molar-refractivity contribution in [2.24, 2.45) is 5.92 Å². The highest BCUT2D eigenvalue weighted by Gasteiger charge is 2.43. The van der Waals surface area contributed by atoms with Gasteiger partial charge in [-0.1, -0.05) is 12.1 Å². The summed E-state index contributed by atoms with van der Waals surface area (Å²) in [6.07, 6.45) is 4.99. The average molecular weight is 367 g/mol. The Morgan fingerprint density at radius 3 is 2.93 bits per heavy atom. The monoisotopic (exact) mass is 367 g/mol. The van der Waals surface area contributed by atoms with Gasteiger partial charge in [0.05, 0.1) is 18.3 Å². The number of hydrogen-bond donors (Lipinski definition) is 3. The van der Waals surface area contributed by atoms with Gasteiger partial charge in [0.15, 0.2) is 0 Å². The highest BCUT2D eigenvalue weighted by Crippen LogP contribution is 2.35. The quantitative estimate of drug-likeness (QED) is 0.755. The predicted octanol–water partition coefficient (Wildman–Crippen LogP) is 2.22. The Balaban J connectivity index is 1.43. The lowest BCUT2D eigenvalue weighted by Gasteiger charge is -2.23. The van der Waals surface area contributed by atoms with E-state index in [1.165, 1.54) is 6.07 Å². The molecule has 1 aromatic carbocycles. The van der Waals surface area contributed by atoms with Crippen LogP contribution in [0.1, 0.15) is 30.5 Å². The first kappa shape index (κ1) is 17.7. The fourth-order valence-electron chi connectivity index (χ4n) is 4.28. The minimum absolute atomic E-state index is 0.138. The Hall–Kier alpha value is -2.72. The molecular formula is C20H22FN5O. The normalized spacial score (nSPS) is 24.6. The highest BCUT2D eigenvalue weighted by atomic mass is 19.1. The maximum absolute atomic E-state index is 14.6. The zero-order chi connectivity index (χ0) is 19.0. The van der Waals surface area contributed by atoms with Crippen molar-refractivity contribution in [3.05, 3.63) is 41.5 Å². The van der Waals surface area contributed by atoms with Crippen LogP contribution < -0.4 is 10.6 Å². The second-order valence-electron chi connectivity index (χ2n) is 7.52. The zero-order valence-electron chi connectivity index (χ0n) is 15.1. The molecule has 1 aliphatic carbocycles. The molecule has 0 spiro atoms. The molecule has 1 aliphatic heterocycles. The van der Waals surface area contributed by atoms with E-state index in [2.05, 4.69) is 26.9 Å². The third-order valence-corrected chi connectivity index (χ3v) is 5.73. The number of aromatic nitrogens is 2. The minimum atomic E-state index is -0.755. The zero-order valence-corrected chi connectivity index (χ0v) is 15.1. The number of piperidine rings is 1. The Labute approximate surface area is 157 Å². The molecule has 2 heterocycles. The summed E-state index contributed by atoms with van der Waals surface area (Å²) < 4.78 is 14.6. The first-order chi connectivity index (χ1) is 13.0. The summed E-state index contributed by atoms with van der Waals surface area (Å²) in [6.45, 7) is 1.87. The second-order valence-corrected chi connectivity index (χ2v) is 7.52. The van der Waals surface area contributed by atoms with Gasteiger partial charge in [-0.3, -0.25) is 9.89 Å². The largest absolute Gasteiger partial charge is 0.339 e. The fraction of sp³-hybridized carbons (Fsp3) is 0.450. The van der Waals surface area contributed by atoms with E-state index in [0.717, 1.165) is 36.1 Å². The second kappa shape index (κ2) is 7.12. The lowest BCUT2D eigenvalue weighted by Crippen LogP contribution is -2.50. The minimum Gasteiger partial charge on any atom is -0.339 e. The van der Waals surface area contributed by atoms with Crippen LogP contribution in [0.25, 0.3) is 11.1 Å². The lowest BCUT2D eigenvalue weighted by atomic mass is 9.98. The van der Waals surface area contributed by atoms with Crippen LogP contribution in [0, 0.1) is 30.0 Å². The Kier molecular flexibility index (Phi) is 4.66. The number of H-pyrrole nitrogens is 1. The summed E-state index contributed by atoms with van der Waals surface area (Å²) in [6, 6.07) is 6.45. The molecule has 1 amide bonds. The van der Waals surface area contributed by atoms with Crippen molar-refractivity contribution in [2.75, 3.05) is 0 Å². The van der Waals surface area contributed by atoms with E-state index >= 15 is 0 Å². The molecule has 3 unspecified atom stereocenters. The summed E-state index contributed by atoms with van der Waals surface area (Å²) in [5, 5.41) is 22.3.